The normalized spacial score (nSPS) is 11.8. The van der Waals surface area contributed by atoms with Crippen molar-refractivity contribution in [1.82, 2.24) is 0 Å². The average Bonchev–Trinajstić information content (AvgIpc) is 3.76. The number of hydrogen-bond acceptors (Lipinski definition) is 4. The Kier molecular flexibility index (Phi) is 8.81. The second-order valence-electron chi connectivity index (χ2n) is 16.8. The molecule has 0 saturated carbocycles. The zero-order valence-electron chi connectivity index (χ0n) is 35.8. The van der Waals surface area contributed by atoms with Gasteiger partial charge in [-0.05, 0) is 112 Å². The lowest BCUT2D eigenvalue weighted by atomic mass is 9.90. The Morgan fingerprint density at radius 2 is 0.848 bits per heavy atom. The highest BCUT2D eigenvalue weighted by atomic mass is 16.5. The van der Waals surface area contributed by atoms with Crippen molar-refractivity contribution in [3.8, 4) is 44.9 Å². The molecular formula is C62H40N2O2. The van der Waals surface area contributed by atoms with Gasteiger partial charge in [0.2, 0.25) is 0 Å². The van der Waals surface area contributed by atoms with Gasteiger partial charge in [-0.2, -0.15) is 0 Å². The van der Waals surface area contributed by atoms with Gasteiger partial charge in [0.25, 0.3) is 0 Å². The van der Waals surface area contributed by atoms with Crippen LogP contribution in [0, 0.1) is 0 Å². The second-order valence-corrected chi connectivity index (χ2v) is 16.8. The molecule has 0 saturated heterocycles. The summed E-state index contributed by atoms with van der Waals surface area (Å²) in [6.45, 7) is 0. The van der Waals surface area contributed by atoms with E-state index in [0.29, 0.717) is 0 Å². The number of furan rings is 1. The number of rotatable bonds is 8. The minimum atomic E-state index is 0.825. The smallest absolute Gasteiger partial charge is 0.137 e. The Hall–Kier alpha value is -8.86. The van der Waals surface area contributed by atoms with Crippen molar-refractivity contribution in [2.45, 2.75) is 0 Å². The lowest BCUT2D eigenvalue weighted by molar-refractivity contribution is 0.487. The Bertz CT molecular complexity index is 3800. The lowest BCUT2D eigenvalue weighted by Crippen LogP contribution is -2.12. The van der Waals surface area contributed by atoms with Crippen LogP contribution in [0.5, 0.6) is 11.5 Å². The van der Waals surface area contributed by atoms with Crippen LogP contribution < -0.4 is 14.5 Å². The Labute approximate surface area is 382 Å². The summed E-state index contributed by atoms with van der Waals surface area (Å²) >= 11 is 0. The molecule has 1 aliphatic rings. The average molecular weight is 845 g/mol. The zero-order valence-corrected chi connectivity index (χ0v) is 35.8. The van der Waals surface area contributed by atoms with Crippen LogP contribution in [0.2, 0.25) is 0 Å². The predicted octanol–water partition coefficient (Wildman–Crippen LogP) is 17.9. The number of anilines is 6. The molecular weight excluding hydrogens is 805 g/mol. The second kappa shape index (κ2) is 15.4. The summed E-state index contributed by atoms with van der Waals surface area (Å²) in [7, 11) is 0. The molecule has 0 unspecified atom stereocenters. The first-order valence-corrected chi connectivity index (χ1v) is 22.4. The van der Waals surface area contributed by atoms with Crippen LogP contribution in [-0.2, 0) is 0 Å². The van der Waals surface area contributed by atoms with Crippen molar-refractivity contribution >= 4 is 77.6 Å². The number of nitrogens with zero attached hydrogens (tertiary/aromatic N) is 2. The molecule has 13 rings (SSSR count). The molecule has 0 spiro atoms. The van der Waals surface area contributed by atoms with Gasteiger partial charge < -0.3 is 19.0 Å². The Balaban J connectivity index is 0.965. The van der Waals surface area contributed by atoms with Crippen LogP contribution in [-0.4, -0.2) is 0 Å². The van der Waals surface area contributed by atoms with E-state index in [1.165, 1.54) is 0 Å². The minimum absolute atomic E-state index is 0.825. The Morgan fingerprint density at radius 3 is 1.59 bits per heavy atom. The zero-order chi connectivity index (χ0) is 43.6. The van der Waals surface area contributed by atoms with Crippen LogP contribution in [0.1, 0.15) is 0 Å². The van der Waals surface area contributed by atoms with Gasteiger partial charge in [0, 0.05) is 67.7 Å². The molecule has 2 heterocycles. The van der Waals surface area contributed by atoms with Gasteiger partial charge in [-0.15, -0.1) is 0 Å². The molecule has 1 aromatic heterocycles. The summed E-state index contributed by atoms with van der Waals surface area (Å²) < 4.78 is 13.5. The van der Waals surface area contributed by atoms with Gasteiger partial charge in [0.1, 0.15) is 22.7 Å². The van der Waals surface area contributed by atoms with Gasteiger partial charge in [-0.3, -0.25) is 0 Å². The number of hydrogen-bond donors (Lipinski definition) is 0. The molecule has 4 heteroatoms. The van der Waals surface area contributed by atoms with Gasteiger partial charge in [0.05, 0.1) is 11.4 Å². The summed E-state index contributed by atoms with van der Waals surface area (Å²) in [4.78, 5) is 4.70. The van der Waals surface area contributed by atoms with Gasteiger partial charge in [-0.1, -0.05) is 152 Å². The molecule has 4 nitrogen and oxygen atoms in total. The van der Waals surface area contributed by atoms with Crippen LogP contribution in [0.4, 0.5) is 34.1 Å². The molecule has 0 aliphatic carbocycles. The van der Waals surface area contributed by atoms with E-state index in [1.807, 2.05) is 12.1 Å². The minimum Gasteiger partial charge on any atom is -0.456 e. The molecule has 12 aromatic rings. The molecule has 0 N–H and O–H groups in total. The first kappa shape index (κ1) is 37.7. The summed E-state index contributed by atoms with van der Waals surface area (Å²) in [5.41, 5.74) is 14.9. The van der Waals surface area contributed by atoms with Crippen molar-refractivity contribution in [2.24, 2.45) is 0 Å². The molecule has 1 aliphatic heterocycles. The number of benzene rings is 11. The van der Waals surface area contributed by atoms with Crippen molar-refractivity contribution in [3.05, 3.63) is 243 Å². The van der Waals surface area contributed by atoms with E-state index in [1.54, 1.807) is 0 Å². The third-order valence-electron chi connectivity index (χ3n) is 13.0. The van der Waals surface area contributed by atoms with Gasteiger partial charge in [0.15, 0.2) is 0 Å². The maximum absolute atomic E-state index is 6.98. The van der Waals surface area contributed by atoms with Gasteiger partial charge >= 0.3 is 0 Å². The van der Waals surface area contributed by atoms with Gasteiger partial charge in [-0.25, -0.2) is 0 Å². The summed E-state index contributed by atoms with van der Waals surface area (Å²) in [6.07, 6.45) is 0. The van der Waals surface area contributed by atoms with E-state index in [0.717, 1.165) is 122 Å². The molecule has 0 radical (unpaired) electrons. The third-order valence-corrected chi connectivity index (χ3v) is 13.0. The third kappa shape index (κ3) is 6.22. The topological polar surface area (TPSA) is 28.9 Å². The standard InChI is InChI=1S/C62H40N2O2/c1-4-17-41(18-5-1)48-23-10-13-27-56(48)63(44-21-8-3-9-22-44)46-34-36-52-55-37-43-31-32-45(38-54(43)53-26-16-30-59(62(53)55)66-61(52)39-46)64(57-28-14-11-24-49(57)42-19-6-2-7-20-42)47-33-35-51-50-25-12-15-29-58(50)65-60(51)40-47/h1-40H. The molecule has 66 heavy (non-hydrogen) atoms. The van der Waals surface area contributed by atoms with Crippen molar-refractivity contribution < 1.29 is 9.15 Å². The van der Waals surface area contributed by atoms with Crippen LogP contribution >= 0.6 is 0 Å². The number of ether oxygens (including phenoxy) is 1. The predicted molar refractivity (Wildman–Crippen MR) is 274 cm³/mol. The molecule has 0 atom stereocenters. The largest absolute Gasteiger partial charge is 0.456 e. The van der Waals surface area contributed by atoms with Crippen molar-refractivity contribution in [2.75, 3.05) is 9.80 Å². The maximum Gasteiger partial charge on any atom is 0.137 e. The molecule has 310 valence electrons. The molecule has 11 aromatic carbocycles. The molecule has 0 amide bonds. The SMILES string of the molecule is c1ccc(-c2ccccc2N(c2ccccc2)c2ccc3c(c2)Oc2cccc4c2c-3cc2ccc(N(c3ccc5c(c3)oc3ccccc35)c3ccccc3-c3ccccc3)cc24)cc1. The van der Waals surface area contributed by atoms with E-state index in [4.69, 9.17) is 9.15 Å². The van der Waals surface area contributed by atoms with Crippen LogP contribution in [0.3, 0.4) is 0 Å². The fourth-order valence-electron chi connectivity index (χ4n) is 10.0. The number of para-hydroxylation sites is 4. The van der Waals surface area contributed by atoms with Crippen LogP contribution in [0.25, 0.3) is 76.9 Å². The first-order chi connectivity index (χ1) is 32.7. The fraction of sp³-hybridized carbons (Fsp3) is 0. The lowest BCUT2D eigenvalue weighted by Gasteiger charge is -2.30. The highest BCUT2D eigenvalue weighted by Gasteiger charge is 2.26. The van der Waals surface area contributed by atoms with E-state index in [2.05, 4.69) is 240 Å². The van der Waals surface area contributed by atoms with E-state index in [-0.39, 0.29) is 0 Å². The van der Waals surface area contributed by atoms with E-state index >= 15 is 0 Å². The van der Waals surface area contributed by atoms with Crippen LogP contribution in [0.15, 0.2) is 247 Å². The summed E-state index contributed by atoms with van der Waals surface area (Å²) in [6, 6.07) is 86.2. The summed E-state index contributed by atoms with van der Waals surface area (Å²) in [5.74, 6) is 1.67. The first-order valence-electron chi connectivity index (χ1n) is 22.4. The monoisotopic (exact) mass is 844 g/mol. The fourth-order valence-corrected chi connectivity index (χ4v) is 10.0. The van der Waals surface area contributed by atoms with Crippen molar-refractivity contribution in [3.63, 3.8) is 0 Å². The van der Waals surface area contributed by atoms with Crippen molar-refractivity contribution in [1.29, 1.82) is 0 Å². The quantitative estimate of drug-likeness (QED) is 0.143. The highest BCUT2D eigenvalue weighted by Crippen LogP contribution is 2.52. The Morgan fingerprint density at radius 1 is 0.288 bits per heavy atom. The van der Waals surface area contributed by atoms with E-state index < -0.39 is 0 Å². The van der Waals surface area contributed by atoms with E-state index in [9.17, 15) is 0 Å². The summed E-state index contributed by atoms with van der Waals surface area (Å²) in [5, 5.41) is 6.77. The highest BCUT2D eigenvalue weighted by molar-refractivity contribution is 6.18. The molecule has 0 bridgehead atoms. The maximum atomic E-state index is 6.98. The number of fused-ring (bicyclic) bond motifs is 7. The molecule has 0 fully saturated rings.